The molecule has 0 aromatic heterocycles. The first-order valence-electron chi connectivity index (χ1n) is 7.07. The molecule has 0 bridgehead atoms. The fourth-order valence-corrected chi connectivity index (χ4v) is 3.98. The van der Waals surface area contributed by atoms with Crippen molar-refractivity contribution in [3.8, 4) is 0 Å². The molecule has 4 nitrogen and oxygen atoms in total. The van der Waals surface area contributed by atoms with Gasteiger partial charge < -0.3 is 10.0 Å². The monoisotopic (exact) mass is 307 g/mol. The second-order valence-electron chi connectivity index (χ2n) is 5.83. The lowest BCUT2D eigenvalue weighted by Crippen LogP contribution is -2.47. The summed E-state index contributed by atoms with van der Waals surface area (Å²) in [5, 5.41) is 9.29. The van der Waals surface area contributed by atoms with Crippen molar-refractivity contribution < 1.29 is 14.7 Å². The van der Waals surface area contributed by atoms with Crippen LogP contribution in [0.2, 0.25) is 0 Å². The first-order valence-corrected chi connectivity index (χ1v) is 8.12. The average molecular weight is 307 g/mol. The number of rotatable bonds is 3. The minimum atomic E-state index is -0.928. The van der Waals surface area contributed by atoms with E-state index in [1.807, 2.05) is 39.8 Å². The summed E-state index contributed by atoms with van der Waals surface area (Å²) in [6.45, 7) is 7.98. The van der Waals surface area contributed by atoms with Gasteiger partial charge in [0, 0.05) is 11.3 Å². The van der Waals surface area contributed by atoms with Crippen LogP contribution < -0.4 is 0 Å². The minimum absolute atomic E-state index is 0.0831. The Morgan fingerprint density at radius 2 is 1.95 bits per heavy atom. The van der Waals surface area contributed by atoms with Gasteiger partial charge in [-0.3, -0.25) is 4.79 Å². The lowest BCUT2D eigenvalue weighted by Gasteiger charge is -2.30. The fourth-order valence-electron chi connectivity index (χ4n) is 2.51. The molecule has 1 heterocycles. The van der Waals surface area contributed by atoms with Crippen LogP contribution in [-0.2, 0) is 4.79 Å². The summed E-state index contributed by atoms with van der Waals surface area (Å²) in [5.74, 6) is -0.443. The molecule has 2 rings (SSSR count). The number of aryl methyl sites for hydroxylation is 2. The lowest BCUT2D eigenvalue weighted by molar-refractivity contribution is -0.141. The van der Waals surface area contributed by atoms with E-state index in [2.05, 4.69) is 0 Å². The Labute approximate surface area is 129 Å². The molecule has 2 atom stereocenters. The number of aliphatic carboxylic acids is 1. The highest BCUT2D eigenvalue weighted by molar-refractivity contribution is 8.00. The van der Waals surface area contributed by atoms with Crippen LogP contribution in [0.15, 0.2) is 18.2 Å². The third-order valence-electron chi connectivity index (χ3n) is 3.88. The van der Waals surface area contributed by atoms with E-state index in [0.717, 1.165) is 11.1 Å². The molecule has 1 N–H and O–H groups in total. The van der Waals surface area contributed by atoms with E-state index >= 15 is 0 Å². The second-order valence-corrected chi connectivity index (χ2v) is 6.98. The molecule has 0 spiro atoms. The quantitative estimate of drug-likeness (QED) is 0.933. The van der Waals surface area contributed by atoms with E-state index < -0.39 is 12.0 Å². The van der Waals surface area contributed by atoms with Crippen LogP contribution in [0.3, 0.4) is 0 Å². The van der Waals surface area contributed by atoms with Crippen LogP contribution in [0, 0.1) is 19.8 Å². The zero-order chi connectivity index (χ0) is 15.7. The topological polar surface area (TPSA) is 57.6 Å². The van der Waals surface area contributed by atoms with Gasteiger partial charge in [-0.2, -0.15) is 0 Å². The maximum atomic E-state index is 12.8. The smallest absolute Gasteiger partial charge is 0.327 e. The first-order chi connectivity index (χ1) is 9.82. The largest absolute Gasteiger partial charge is 0.480 e. The number of carboxylic acids is 1. The number of carbonyl (C=O) groups excluding carboxylic acids is 1. The number of carbonyl (C=O) groups is 2. The molecule has 114 valence electrons. The summed E-state index contributed by atoms with van der Waals surface area (Å²) >= 11 is 1.55. The van der Waals surface area contributed by atoms with E-state index in [-0.39, 0.29) is 17.2 Å². The van der Waals surface area contributed by atoms with Gasteiger partial charge in [-0.05, 0) is 43.0 Å². The lowest BCUT2D eigenvalue weighted by atomic mass is 10.0. The molecule has 2 unspecified atom stereocenters. The Morgan fingerprint density at radius 1 is 1.29 bits per heavy atom. The van der Waals surface area contributed by atoms with Crippen LogP contribution in [0.25, 0.3) is 0 Å². The van der Waals surface area contributed by atoms with Crippen LogP contribution in [0.5, 0.6) is 0 Å². The number of benzene rings is 1. The predicted molar refractivity (Wildman–Crippen MR) is 84.6 cm³/mol. The van der Waals surface area contributed by atoms with Gasteiger partial charge in [0.25, 0.3) is 5.91 Å². The molecule has 21 heavy (non-hydrogen) atoms. The van der Waals surface area contributed by atoms with Crippen molar-refractivity contribution in [3.63, 3.8) is 0 Å². The van der Waals surface area contributed by atoms with Gasteiger partial charge in [0.15, 0.2) is 0 Å². The van der Waals surface area contributed by atoms with Crippen molar-refractivity contribution in [2.75, 3.05) is 5.75 Å². The number of nitrogens with zero attached hydrogens (tertiary/aromatic N) is 1. The van der Waals surface area contributed by atoms with Crippen molar-refractivity contribution >= 4 is 23.6 Å². The molecule has 1 amide bonds. The number of amides is 1. The molecule has 1 saturated heterocycles. The van der Waals surface area contributed by atoms with Crippen molar-refractivity contribution in [2.45, 2.75) is 39.1 Å². The molecule has 1 fully saturated rings. The molecule has 1 aliphatic rings. The molecular weight excluding hydrogens is 286 g/mol. The number of carboxylic acid groups (broad SMARTS) is 1. The van der Waals surface area contributed by atoms with Crippen molar-refractivity contribution in [1.82, 2.24) is 4.90 Å². The SMILES string of the molecule is Cc1ccc(C(=O)N2C(C(=O)O)CSC2C(C)C)cc1C. The van der Waals surface area contributed by atoms with Gasteiger partial charge in [-0.25, -0.2) is 4.79 Å². The molecular formula is C16H21NO3S. The van der Waals surface area contributed by atoms with Gasteiger partial charge in [0.2, 0.25) is 0 Å². The van der Waals surface area contributed by atoms with E-state index in [1.54, 1.807) is 22.7 Å². The molecule has 0 aliphatic carbocycles. The van der Waals surface area contributed by atoms with E-state index in [1.165, 1.54) is 0 Å². The van der Waals surface area contributed by atoms with Crippen molar-refractivity contribution in [1.29, 1.82) is 0 Å². The predicted octanol–water partition coefficient (Wildman–Crippen LogP) is 2.93. The average Bonchev–Trinajstić information content (AvgIpc) is 2.86. The first kappa shape index (κ1) is 15.9. The standard InChI is InChI=1S/C16H21NO3S/c1-9(2)15-17(13(8-21-15)16(19)20)14(18)12-6-5-10(3)11(4)7-12/h5-7,9,13,15H,8H2,1-4H3,(H,19,20). The maximum absolute atomic E-state index is 12.8. The van der Waals surface area contributed by atoms with Crippen LogP contribution >= 0.6 is 11.8 Å². The van der Waals surface area contributed by atoms with Gasteiger partial charge in [0.1, 0.15) is 6.04 Å². The second kappa shape index (κ2) is 6.10. The van der Waals surface area contributed by atoms with Crippen LogP contribution in [-0.4, -0.2) is 39.1 Å². The molecule has 0 saturated carbocycles. The highest BCUT2D eigenvalue weighted by atomic mass is 32.2. The third-order valence-corrected chi connectivity index (χ3v) is 5.50. The van der Waals surface area contributed by atoms with E-state index in [0.29, 0.717) is 11.3 Å². The van der Waals surface area contributed by atoms with Gasteiger partial charge in [0.05, 0.1) is 5.37 Å². The summed E-state index contributed by atoms with van der Waals surface area (Å²) in [4.78, 5) is 25.8. The molecule has 1 aromatic rings. The Morgan fingerprint density at radius 3 is 2.48 bits per heavy atom. The molecule has 0 radical (unpaired) electrons. The van der Waals surface area contributed by atoms with Crippen LogP contribution in [0.1, 0.15) is 35.3 Å². The summed E-state index contributed by atoms with van der Waals surface area (Å²) in [5.41, 5.74) is 2.73. The van der Waals surface area contributed by atoms with Gasteiger partial charge in [-0.1, -0.05) is 19.9 Å². The molecule has 1 aliphatic heterocycles. The van der Waals surface area contributed by atoms with Gasteiger partial charge >= 0.3 is 5.97 Å². The zero-order valence-corrected chi connectivity index (χ0v) is 13.6. The summed E-state index contributed by atoms with van der Waals surface area (Å²) in [6, 6.07) is 4.80. The van der Waals surface area contributed by atoms with Crippen molar-refractivity contribution in [2.24, 2.45) is 5.92 Å². The van der Waals surface area contributed by atoms with Gasteiger partial charge in [-0.15, -0.1) is 11.8 Å². The molecule has 5 heteroatoms. The highest BCUT2D eigenvalue weighted by Gasteiger charge is 2.43. The third kappa shape index (κ3) is 3.07. The fraction of sp³-hybridized carbons (Fsp3) is 0.500. The summed E-state index contributed by atoms with van der Waals surface area (Å²) in [6.07, 6.45) is 0. The number of hydrogen-bond acceptors (Lipinski definition) is 3. The maximum Gasteiger partial charge on any atom is 0.327 e. The minimum Gasteiger partial charge on any atom is -0.480 e. The van der Waals surface area contributed by atoms with E-state index in [9.17, 15) is 14.7 Å². The van der Waals surface area contributed by atoms with E-state index in [4.69, 9.17) is 0 Å². The highest BCUT2D eigenvalue weighted by Crippen LogP contribution is 2.35. The summed E-state index contributed by atoms with van der Waals surface area (Å²) in [7, 11) is 0. The van der Waals surface area contributed by atoms with Crippen LogP contribution in [0.4, 0.5) is 0 Å². The molecule has 1 aromatic carbocycles. The Bertz CT molecular complexity index is 571. The zero-order valence-electron chi connectivity index (χ0n) is 12.8. The Balaban J connectivity index is 2.36. The normalized spacial score (nSPS) is 21.9. The van der Waals surface area contributed by atoms with Crippen molar-refractivity contribution in [3.05, 3.63) is 34.9 Å². The number of thioether (sulfide) groups is 1. The Hall–Kier alpha value is -1.49. The number of hydrogen-bond donors (Lipinski definition) is 1. The Kier molecular flexibility index (Phi) is 4.61. The summed E-state index contributed by atoms with van der Waals surface area (Å²) < 4.78 is 0.